The number of carbonyl (C=O) groups is 1. The minimum absolute atomic E-state index is 0.266. The van der Waals surface area contributed by atoms with Crippen molar-refractivity contribution in [2.75, 3.05) is 39.3 Å². The minimum atomic E-state index is 0.266. The highest BCUT2D eigenvalue weighted by Gasteiger charge is 2.20. The Bertz CT molecular complexity index is 513. The number of hydrogen-bond donors (Lipinski definition) is 1. The highest BCUT2D eigenvalue weighted by molar-refractivity contribution is 9.10. The zero-order chi connectivity index (χ0) is 13.9. The average molecular weight is 339 g/mol. The predicted octanol–water partition coefficient (Wildman–Crippen LogP) is 1.40. The Kier molecular flexibility index (Phi) is 4.38. The summed E-state index contributed by atoms with van der Waals surface area (Å²) in [6, 6.07) is 4.10. The molecule has 0 aromatic heterocycles. The fourth-order valence-electron chi connectivity index (χ4n) is 2.86. The SMILES string of the molecule is O=C(Cc1cc(Br)cc2c1OCC2)CN1CCNCC1. The number of Topliss-reactive ketones (excluding diaryl/α,β-unsaturated/α-hetero) is 1. The number of nitrogens with zero attached hydrogens (tertiary/aromatic N) is 1. The Morgan fingerprint density at radius 2 is 2.15 bits per heavy atom. The summed E-state index contributed by atoms with van der Waals surface area (Å²) in [5, 5.41) is 3.30. The van der Waals surface area contributed by atoms with Crippen LogP contribution in [0.3, 0.4) is 0 Å². The molecule has 4 nitrogen and oxygen atoms in total. The third-order valence-corrected chi connectivity index (χ3v) is 4.28. The summed E-state index contributed by atoms with van der Waals surface area (Å²) in [7, 11) is 0. The molecule has 5 heteroatoms. The van der Waals surface area contributed by atoms with Gasteiger partial charge in [0.15, 0.2) is 5.78 Å². The van der Waals surface area contributed by atoms with E-state index in [1.54, 1.807) is 0 Å². The summed E-state index contributed by atoms with van der Waals surface area (Å²) >= 11 is 3.52. The van der Waals surface area contributed by atoms with E-state index >= 15 is 0 Å². The second kappa shape index (κ2) is 6.24. The van der Waals surface area contributed by atoms with Gasteiger partial charge in [-0.2, -0.15) is 0 Å². The van der Waals surface area contributed by atoms with Gasteiger partial charge in [-0.25, -0.2) is 0 Å². The normalized spacial score (nSPS) is 18.6. The van der Waals surface area contributed by atoms with Crippen molar-refractivity contribution >= 4 is 21.7 Å². The van der Waals surface area contributed by atoms with Crippen LogP contribution in [0, 0.1) is 0 Å². The standard InChI is InChI=1S/C15H19BrN2O2/c16-13-7-11-1-6-20-15(11)12(8-13)9-14(19)10-18-4-2-17-3-5-18/h7-8,17H,1-6,9-10H2. The molecule has 2 aliphatic rings. The van der Waals surface area contributed by atoms with Crippen LogP contribution in [-0.2, 0) is 17.6 Å². The Balaban J connectivity index is 1.66. The lowest BCUT2D eigenvalue weighted by molar-refractivity contribution is -0.119. The molecule has 0 atom stereocenters. The molecule has 0 saturated carbocycles. The number of fused-ring (bicyclic) bond motifs is 1. The molecule has 1 fully saturated rings. The summed E-state index contributed by atoms with van der Waals surface area (Å²) < 4.78 is 6.71. The van der Waals surface area contributed by atoms with Gasteiger partial charge in [0.2, 0.25) is 0 Å². The first-order valence-electron chi connectivity index (χ1n) is 7.11. The van der Waals surface area contributed by atoms with E-state index < -0.39 is 0 Å². The third-order valence-electron chi connectivity index (χ3n) is 3.82. The van der Waals surface area contributed by atoms with E-state index in [2.05, 4.69) is 32.2 Å². The van der Waals surface area contributed by atoms with Gasteiger partial charge in [-0.1, -0.05) is 15.9 Å². The summed E-state index contributed by atoms with van der Waals surface area (Å²) in [5.74, 6) is 1.20. The Labute approximate surface area is 127 Å². The fourth-order valence-corrected chi connectivity index (χ4v) is 3.42. The fraction of sp³-hybridized carbons (Fsp3) is 0.533. The predicted molar refractivity (Wildman–Crippen MR) is 81.4 cm³/mol. The lowest BCUT2D eigenvalue weighted by atomic mass is 10.0. The Morgan fingerprint density at radius 1 is 1.35 bits per heavy atom. The summed E-state index contributed by atoms with van der Waals surface area (Å²) in [6.45, 7) is 5.14. The number of ether oxygens (including phenoxy) is 1. The lowest BCUT2D eigenvalue weighted by Gasteiger charge is -2.26. The molecule has 1 aromatic carbocycles. The lowest BCUT2D eigenvalue weighted by Crippen LogP contribution is -2.45. The second-order valence-electron chi connectivity index (χ2n) is 5.39. The molecule has 2 heterocycles. The van der Waals surface area contributed by atoms with Crippen LogP contribution in [0.15, 0.2) is 16.6 Å². The van der Waals surface area contributed by atoms with Crippen LogP contribution in [0.2, 0.25) is 0 Å². The number of halogens is 1. The van der Waals surface area contributed by atoms with Crippen molar-refractivity contribution in [3.05, 3.63) is 27.7 Å². The molecule has 0 aliphatic carbocycles. The zero-order valence-corrected chi connectivity index (χ0v) is 13.0. The maximum Gasteiger partial charge on any atom is 0.151 e. The molecule has 108 valence electrons. The molecule has 0 bridgehead atoms. The number of rotatable bonds is 4. The Hall–Kier alpha value is -0.910. The number of benzene rings is 1. The van der Waals surface area contributed by atoms with Crippen LogP contribution in [0.25, 0.3) is 0 Å². The molecule has 0 amide bonds. The van der Waals surface area contributed by atoms with Crippen molar-refractivity contribution in [3.8, 4) is 5.75 Å². The summed E-state index contributed by atoms with van der Waals surface area (Å²) in [6.07, 6.45) is 1.40. The second-order valence-corrected chi connectivity index (χ2v) is 6.31. The van der Waals surface area contributed by atoms with Crippen LogP contribution in [0.4, 0.5) is 0 Å². The van der Waals surface area contributed by atoms with Gasteiger partial charge in [-0.15, -0.1) is 0 Å². The smallest absolute Gasteiger partial charge is 0.151 e. The molecule has 1 N–H and O–H groups in total. The molecule has 20 heavy (non-hydrogen) atoms. The number of nitrogens with one attached hydrogen (secondary N) is 1. The van der Waals surface area contributed by atoms with Crippen LogP contribution >= 0.6 is 15.9 Å². The quantitative estimate of drug-likeness (QED) is 0.901. The summed E-state index contributed by atoms with van der Waals surface area (Å²) in [5.41, 5.74) is 2.23. The zero-order valence-electron chi connectivity index (χ0n) is 11.5. The Morgan fingerprint density at radius 3 is 2.95 bits per heavy atom. The average Bonchev–Trinajstić information content (AvgIpc) is 2.88. The van der Waals surface area contributed by atoms with E-state index in [-0.39, 0.29) is 5.78 Å². The van der Waals surface area contributed by atoms with E-state index in [1.807, 2.05) is 6.07 Å². The number of piperazine rings is 1. The highest BCUT2D eigenvalue weighted by Crippen LogP contribution is 2.33. The maximum absolute atomic E-state index is 12.3. The van der Waals surface area contributed by atoms with Crippen LogP contribution in [0.5, 0.6) is 5.75 Å². The van der Waals surface area contributed by atoms with Gasteiger partial charge in [0.1, 0.15) is 5.75 Å². The van der Waals surface area contributed by atoms with Crippen molar-refractivity contribution in [2.45, 2.75) is 12.8 Å². The van der Waals surface area contributed by atoms with Gasteiger partial charge in [-0.3, -0.25) is 9.69 Å². The van der Waals surface area contributed by atoms with Crippen molar-refractivity contribution in [1.29, 1.82) is 0 Å². The first-order valence-corrected chi connectivity index (χ1v) is 7.90. The van der Waals surface area contributed by atoms with E-state index in [0.717, 1.165) is 55.0 Å². The van der Waals surface area contributed by atoms with Crippen molar-refractivity contribution in [2.24, 2.45) is 0 Å². The molecule has 3 rings (SSSR count). The van der Waals surface area contributed by atoms with Crippen molar-refractivity contribution in [3.63, 3.8) is 0 Å². The first kappa shape index (κ1) is 14.0. The van der Waals surface area contributed by atoms with Gasteiger partial charge >= 0.3 is 0 Å². The molecule has 1 saturated heterocycles. The monoisotopic (exact) mass is 338 g/mol. The molecule has 1 aromatic rings. The largest absolute Gasteiger partial charge is 0.493 e. The number of hydrogen-bond acceptors (Lipinski definition) is 4. The van der Waals surface area contributed by atoms with Crippen LogP contribution in [-0.4, -0.2) is 50.0 Å². The molecular weight excluding hydrogens is 320 g/mol. The highest BCUT2D eigenvalue weighted by atomic mass is 79.9. The van der Waals surface area contributed by atoms with Crippen molar-refractivity contribution in [1.82, 2.24) is 10.2 Å². The number of ketones is 1. The van der Waals surface area contributed by atoms with E-state index in [9.17, 15) is 4.79 Å². The van der Waals surface area contributed by atoms with Gasteiger partial charge in [-0.05, 0) is 17.7 Å². The van der Waals surface area contributed by atoms with Crippen LogP contribution in [0.1, 0.15) is 11.1 Å². The van der Waals surface area contributed by atoms with Gasteiger partial charge in [0.05, 0.1) is 13.2 Å². The van der Waals surface area contributed by atoms with Gasteiger partial charge in [0.25, 0.3) is 0 Å². The molecular formula is C15H19BrN2O2. The molecule has 0 spiro atoms. The first-order chi connectivity index (χ1) is 9.72. The summed E-state index contributed by atoms with van der Waals surface area (Å²) in [4.78, 5) is 14.5. The van der Waals surface area contributed by atoms with Gasteiger partial charge in [0, 0.05) is 49.1 Å². The van der Waals surface area contributed by atoms with E-state index in [4.69, 9.17) is 4.74 Å². The third kappa shape index (κ3) is 3.22. The minimum Gasteiger partial charge on any atom is -0.493 e. The molecule has 2 aliphatic heterocycles. The van der Waals surface area contributed by atoms with E-state index in [0.29, 0.717) is 13.0 Å². The van der Waals surface area contributed by atoms with Crippen molar-refractivity contribution < 1.29 is 9.53 Å². The van der Waals surface area contributed by atoms with Crippen LogP contribution < -0.4 is 10.1 Å². The van der Waals surface area contributed by atoms with E-state index in [1.165, 1.54) is 5.56 Å². The number of carbonyl (C=O) groups excluding carboxylic acids is 1. The molecule has 0 unspecified atom stereocenters. The van der Waals surface area contributed by atoms with Gasteiger partial charge < -0.3 is 10.1 Å². The maximum atomic E-state index is 12.3. The topological polar surface area (TPSA) is 41.6 Å². The molecule has 0 radical (unpaired) electrons.